The van der Waals surface area contributed by atoms with E-state index in [9.17, 15) is 14.7 Å². The van der Waals surface area contributed by atoms with E-state index in [1.54, 1.807) is 4.90 Å². The van der Waals surface area contributed by atoms with Gasteiger partial charge in [0.15, 0.2) is 0 Å². The van der Waals surface area contributed by atoms with Gasteiger partial charge in [-0.15, -0.1) is 0 Å². The Morgan fingerprint density at radius 2 is 2.05 bits per heavy atom. The van der Waals surface area contributed by atoms with Crippen LogP contribution >= 0.6 is 0 Å². The third-order valence-corrected chi connectivity index (χ3v) is 5.83. The second-order valence-electron chi connectivity index (χ2n) is 6.77. The number of hydrogen-bond donors (Lipinski definition) is 2. The van der Waals surface area contributed by atoms with Crippen molar-refractivity contribution in [3.8, 4) is 0 Å². The molecular weight excluding hydrogens is 268 g/mol. The van der Waals surface area contributed by atoms with Gasteiger partial charge in [-0.05, 0) is 37.5 Å². The SMILES string of the molecule is CCC1CCC(NC(=O)N2CCC(CC)(C(=O)O)C2)C1C. The summed E-state index contributed by atoms with van der Waals surface area (Å²) in [5, 5.41) is 12.5. The van der Waals surface area contributed by atoms with E-state index in [-0.39, 0.29) is 12.1 Å². The zero-order valence-corrected chi connectivity index (χ0v) is 13.4. The van der Waals surface area contributed by atoms with Crippen LogP contribution in [0, 0.1) is 17.3 Å². The molecule has 1 aliphatic heterocycles. The van der Waals surface area contributed by atoms with Crippen LogP contribution in [0.15, 0.2) is 0 Å². The first-order valence-corrected chi connectivity index (χ1v) is 8.22. The molecule has 0 aromatic heterocycles. The van der Waals surface area contributed by atoms with Gasteiger partial charge in [0.25, 0.3) is 0 Å². The summed E-state index contributed by atoms with van der Waals surface area (Å²) in [5.74, 6) is 0.431. The number of aliphatic carboxylic acids is 1. The zero-order valence-electron chi connectivity index (χ0n) is 13.4. The van der Waals surface area contributed by atoms with Crippen LogP contribution in [0.2, 0.25) is 0 Å². The molecule has 0 aromatic rings. The lowest BCUT2D eigenvalue weighted by Crippen LogP contribution is -2.46. The zero-order chi connectivity index (χ0) is 15.6. The van der Waals surface area contributed by atoms with E-state index in [4.69, 9.17) is 0 Å². The van der Waals surface area contributed by atoms with Crippen molar-refractivity contribution < 1.29 is 14.7 Å². The molecule has 1 saturated carbocycles. The van der Waals surface area contributed by atoms with Crippen LogP contribution in [0.25, 0.3) is 0 Å². The molecule has 0 radical (unpaired) electrons. The number of carboxylic acids is 1. The van der Waals surface area contributed by atoms with Gasteiger partial charge in [-0.1, -0.05) is 27.2 Å². The highest BCUT2D eigenvalue weighted by Crippen LogP contribution is 2.36. The molecule has 2 amide bonds. The fourth-order valence-electron chi connectivity index (χ4n) is 3.94. The van der Waals surface area contributed by atoms with Gasteiger partial charge in [0.2, 0.25) is 0 Å². The summed E-state index contributed by atoms with van der Waals surface area (Å²) in [5.41, 5.74) is -0.745. The molecule has 120 valence electrons. The van der Waals surface area contributed by atoms with E-state index in [1.165, 1.54) is 6.42 Å². The van der Waals surface area contributed by atoms with Gasteiger partial charge < -0.3 is 15.3 Å². The summed E-state index contributed by atoms with van der Waals surface area (Å²) in [6.07, 6.45) is 4.51. The highest BCUT2D eigenvalue weighted by atomic mass is 16.4. The first-order valence-electron chi connectivity index (χ1n) is 8.22. The van der Waals surface area contributed by atoms with Gasteiger partial charge in [-0.3, -0.25) is 4.79 Å². The summed E-state index contributed by atoms with van der Waals surface area (Å²) in [6, 6.07) is 0.157. The predicted octanol–water partition coefficient (Wildman–Crippen LogP) is 2.71. The summed E-state index contributed by atoms with van der Waals surface area (Å²) in [7, 11) is 0. The number of carbonyl (C=O) groups is 2. The number of amides is 2. The van der Waals surface area contributed by atoms with E-state index in [0.29, 0.717) is 37.8 Å². The number of nitrogens with zero attached hydrogens (tertiary/aromatic N) is 1. The number of carbonyl (C=O) groups excluding carboxylic acids is 1. The minimum Gasteiger partial charge on any atom is -0.481 e. The van der Waals surface area contributed by atoms with Gasteiger partial charge in [-0.25, -0.2) is 4.79 Å². The smallest absolute Gasteiger partial charge is 0.317 e. The van der Waals surface area contributed by atoms with Gasteiger partial charge in [0.1, 0.15) is 0 Å². The minimum absolute atomic E-state index is 0.0832. The van der Waals surface area contributed by atoms with Crippen LogP contribution in [0.4, 0.5) is 4.79 Å². The largest absolute Gasteiger partial charge is 0.481 e. The van der Waals surface area contributed by atoms with Crippen molar-refractivity contribution >= 4 is 12.0 Å². The summed E-state index contributed by atoms with van der Waals surface area (Å²) >= 11 is 0. The standard InChI is InChI=1S/C16H28N2O3/c1-4-12-6-7-13(11(12)3)17-15(21)18-9-8-16(5-2,10-18)14(19)20/h11-13H,4-10H2,1-3H3,(H,17,21)(H,19,20). The third-order valence-electron chi connectivity index (χ3n) is 5.83. The molecule has 4 atom stereocenters. The quantitative estimate of drug-likeness (QED) is 0.838. The average Bonchev–Trinajstić information content (AvgIpc) is 3.05. The van der Waals surface area contributed by atoms with Crippen molar-refractivity contribution in [2.24, 2.45) is 17.3 Å². The summed E-state index contributed by atoms with van der Waals surface area (Å²) in [6.45, 7) is 7.19. The van der Waals surface area contributed by atoms with Crippen LogP contribution in [-0.4, -0.2) is 41.1 Å². The molecule has 21 heavy (non-hydrogen) atoms. The van der Waals surface area contributed by atoms with Crippen molar-refractivity contribution in [2.75, 3.05) is 13.1 Å². The number of urea groups is 1. The molecule has 2 fully saturated rings. The van der Waals surface area contributed by atoms with Crippen LogP contribution < -0.4 is 5.32 Å². The first-order chi connectivity index (χ1) is 9.93. The highest BCUT2D eigenvalue weighted by Gasteiger charge is 2.45. The fourth-order valence-corrected chi connectivity index (χ4v) is 3.94. The molecule has 1 aliphatic carbocycles. The molecular formula is C16H28N2O3. The fraction of sp³-hybridized carbons (Fsp3) is 0.875. The maximum absolute atomic E-state index is 12.4. The Hall–Kier alpha value is -1.26. The Morgan fingerprint density at radius 3 is 2.52 bits per heavy atom. The summed E-state index contributed by atoms with van der Waals surface area (Å²) < 4.78 is 0. The maximum atomic E-state index is 12.4. The lowest BCUT2D eigenvalue weighted by atomic mass is 9.84. The molecule has 0 spiro atoms. The van der Waals surface area contributed by atoms with Crippen molar-refractivity contribution in [3.05, 3.63) is 0 Å². The van der Waals surface area contributed by atoms with Crippen LogP contribution in [0.5, 0.6) is 0 Å². The molecule has 1 saturated heterocycles. The van der Waals surface area contributed by atoms with Crippen LogP contribution in [0.1, 0.15) is 52.9 Å². The van der Waals surface area contributed by atoms with Gasteiger partial charge >= 0.3 is 12.0 Å². The van der Waals surface area contributed by atoms with Gasteiger partial charge in [0.05, 0.1) is 5.41 Å². The Labute approximate surface area is 127 Å². The predicted molar refractivity (Wildman–Crippen MR) is 81.0 cm³/mol. The lowest BCUT2D eigenvalue weighted by molar-refractivity contribution is -0.148. The Balaban J connectivity index is 1.92. The van der Waals surface area contributed by atoms with Crippen molar-refractivity contribution in [1.82, 2.24) is 10.2 Å². The average molecular weight is 296 g/mol. The molecule has 4 unspecified atom stereocenters. The first kappa shape index (κ1) is 16.1. The molecule has 0 bridgehead atoms. The lowest BCUT2D eigenvalue weighted by Gasteiger charge is -2.26. The minimum atomic E-state index is -0.777. The van der Waals surface area contributed by atoms with Crippen LogP contribution in [0.3, 0.4) is 0 Å². The van der Waals surface area contributed by atoms with Crippen molar-refractivity contribution in [3.63, 3.8) is 0 Å². The Morgan fingerprint density at radius 1 is 1.33 bits per heavy atom. The van der Waals surface area contributed by atoms with E-state index in [1.807, 2.05) is 6.92 Å². The molecule has 0 aromatic carbocycles. The Kier molecular flexibility index (Phi) is 4.79. The highest BCUT2D eigenvalue weighted by molar-refractivity contribution is 5.79. The third kappa shape index (κ3) is 3.01. The molecule has 5 nitrogen and oxygen atoms in total. The van der Waals surface area contributed by atoms with Crippen molar-refractivity contribution in [1.29, 1.82) is 0 Å². The number of rotatable bonds is 4. The monoisotopic (exact) mass is 296 g/mol. The maximum Gasteiger partial charge on any atom is 0.317 e. The normalized spacial score (nSPS) is 36.0. The van der Waals surface area contributed by atoms with Gasteiger partial charge in [0, 0.05) is 19.1 Å². The number of hydrogen-bond acceptors (Lipinski definition) is 2. The van der Waals surface area contributed by atoms with Gasteiger partial charge in [-0.2, -0.15) is 0 Å². The second kappa shape index (κ2) is 6.24. The van der Waals surface area contributed by atoms with E-state index >= 15 is 0 Å². The molecule has 5 heteroatoms. The van der Waals surface area contributed by atoms with Crippen molar-refractivity contribution in [2.45, 2.75) is 58.9 Å². The van der Waals surface area contributed by atoms with E-state index in [2.05, 4.69) is 19.2 Å². The Bertz CT molecular complexity index is 412. The van der Waals surface area contributed by atoms with Crippen LogP contribution in [-0.2, 0) is 4.79 Å². The number of carboxylic acid groups (broad SMARTS) is 1. The summed E-state index contributed by atoms with van der Waals surface area (Å²) in [4.78, 5) is 25.5. The van der Waals surface area contributed by atoms with E-state index < -0.39 is 11.4 Å². The number of nitrogens with one attached hydrogen (secondary N) is 1. The van der Waals surface area contributed by atoms with E-state index in [0.717, 1.165) is 12.8 Å². The topological polar surface area (TPSA) is 69.6 Å². The second-order valence-corrected chi connectivity index (χ2v) is 6.77. The molecule has 2 N–H and O–H groups in total. The number of likely N-dealkylation sites (tertiary alicyclic amines) is 1. The molecule has 2 aliphatic rings. The molecule has 2 rings (SSSR count). The molecule has 1 heterocycles.